The summed E-state index contributed by atoms with van der Waals surface area (Å²) in [5.74, 6) is 0.478. The van der Waals surface area contributed by atoms with Gasteiger partial charge in [-0.1, -0.05) is 158 Å². The summed E-state index contributed by atoms with van der Waals surface area (Å²) in [6, 6.07) is 53.2. The van der Waals surface area contributed by atoms with Gasteiger partial charge in [0, 0.05) is 59.5 Å². The van der Waals surface area contributed by atoms with Gasteiger partial charge in [-0.2, -0.15) is 0 Å². The summed E-state index contributed by atoms with van der Waals surface area (Å²) in [5.41, 5.74) is 10.9. The molecule has 380 valence electrons. The Morgan fingerprint density at radius 2 is 0.811 bits per heavy atom. The number of anilines is 2. The van der Waals surface area contributed by atoms with Gasteiger partial charge in [-0.25, -0.2) is 0 Å². The maximum atomic E-state index is 14.3. The number of benzene rings is 6. The van der Waals surface area contributed by atoms with Crippen molar-refractivity contribution in [2.75, 3.05) is 23.7 Å². The van der Waals surface area contributed by atoms with Crippen LogP contribution in [0.3, 0.4) is 0 Å². The van der Waals surface area contributed by atoms with Crippen LogP contribution in [0.15, 0.2) is 158 Å². The van der Waals surface area contributed by atoms with Gasteiger partial charge in [0.1, 0.15) is 0 Å². The molecule has 6 aromatic rings. The molecule has 4 N–H and O–H groups in total. The smallest absolute Gasteiger partial charge is 0.251 e. The zero-order chi connectivity index (χ0) is 50.7. The number of hydrogen-bond acceptors (Lipinski definition) is 6. The molecular weight excluding hydrogens is 917 g/mol. The fourth-order valence-corrected chi connectivity index (χ4v) is 13.6. The maximum absolute atomic E-state index is 14.3. The molecule has 0 aromatic heterocycles. The zero-order valence-electron chi connectivity index (χ0n) is 42.8. The largest absolute Gasteiger partial charge is 0.378 e. The number of nitrogens with zero attached hydrogens (tertiary/aromatic N) is 2. The first-order valence-corrected chi connectivity index (χ1v) is 27.4. The van der Waals surface area contributed by atoms with E-state index in [4.69, 9.17) is 0 Å². The van der Waals surface area contributed by atoms with E-state index in [-0.39, 0.29) is 71.7 Å². The van der Waals surface area contributed by atoms with Crippen molar-refractivity contribution >= 4 is 35.0 Å². The van der Waals surface area contributed by atoms with E-state index >= 15 is 0 Å². The van der Waals surface area contributed by atoms with E-state index in [2.05, 4.69) is 142 Å². The molecule has 0 radical (unpaired) electrons. The highest BCUT2D eigenvalue weighted by molar-refractivity contribution is 5.95. The summed E-state index contributed by atoms with van der Waals surface area (Å²) in [6.45, 7) is 5.75. The highest BCUT2D eigenvalue weighted by atomic mass is 16.2. The number of carbonyl (C=O) groups is 4. The van der Waals surface area contributed by atoms with Gasteiger partial charge in [-0.15, -0.1) is 0 Å². The first kappa shape index (κ1) is 49.0. The Morgan fingerprint density at radius 3 is 1.20 bits per heavy atom. The highest BCUT2D eigenvalue weighted by Crippen LogP contribution is 2.54. The Hall–Kier alpha value is -7.20. The van der Waals surface area contributed by atoms with E-state index in [0.29, 0.717) is 23.0 Å². The Labute approximate surface area is 436 Å². The Bertz CT molecular complexity index is 2750. The lowest BCUT2D eigenvalue weighted by molar-refractivity contribution is -0.139. The van der Waals surface area contributed by atoms with Gasteiger partial charge < -0.3 is 31.1 Å². The summed E-state index contributed by atoms with van der Waals surface area (Å²) >= 11 is 0. The Morgan fingerprint density at radius 1 is 0.446 bits per heavy atom. The van der Waals surface area contributed by atoms with Crippen molar-refractivity contribution < 1.29 is 19.2 Å². The normalized spacial score (nSPS) is 26.5. The Balaban J connectivity index is 0.000000159. The number of fused-ring (bicyclic) bond motifs is 6. The van der Waals surface area contributed by atoms with Crippen LogP contribution < -0.4 is 21.3 Å². The van der Waals surface area contributed by atoms with Crippen molar-refractivity contribution in [3.05, 3.63) is 202 Å². The first-order valence-electron chi connectivity index (χ1n) is 27.4. The molecule has 0 unspecified atom stereocenters. The molecule has 74 heavy (non-hydrogen) atoms. The lowest BCUT2D eigenvalue weighted by atomic mass is 9.79. The summed E-state index contributed by atoms with van der Waals surface area (Å²) in [4.78, 5) is 58.8. The highest BCUT2D eigenvalue weighted by Gasteiger charge is 2.50. The second-order valence-corrected chi connectivity index (χ2v) is 21.8. The van der Waals surface area contributed by atoms with E-state index in [1.807, 2.05) is 60.7 Å². The minimum atomic E-state index is -0.182. The third-order valence-electron chi connectivity index (χ3n) is 17.2. The number of likely N-dealkylation sites (tertiary alicyclic amines) is 2. The molecule has 6 aliphatic rings. The summed E-state index contributed by atoms with van der Waals surface area (Å²) in [7, 11) is 0. The van der Waals surface area contributed by atoms with Crippen LogP contribution in [-0.4, -0.2) is 58.6 Å². The number of carbonyl (C=O) groups excluding carboxylic acids is 4. The van der Waals surface area contributed by atoms with E-state index < -0.39 is 0 Å². The van der Waals surface area contributed by atoms with Crippen molar-refractivity contribution in [3.63, 3.8) is 0 Å². The molecule has 0 bridgehead atoms. The fourth-order valence-electron chi connectivity index (χ4n) is 13.6. The number of nitrogens with one attached hydrogen (secondary N) is 4. The summed E-state index contributed by atoms with van der Waals surface area (Å²) in [6.07, 6.45) is 9.41. The van der Waals surface area contributed by atoms with Crippen LogP contribution in [0, 0.1) is 37.5 Å². The van der Waals surface area contributed by atoms with Crippen LogP contribution in [0.4, 0.5) is 11.4 Å². The SMILES string of the molecule is Cc1ccc2c(c1)[C@@H]1[C@@H](CCN1C(=O)[C@H]1CCCC[C@H]1NC(=O)c1ccccc1)[C@@H](c1ccccc1)N2.Cc1ccc2c(c1)[C@H]1[C@H](CCN1C(=O)[C@H]1CCCC[C@H]1NC(=O)c1ccccc1)[C@H](c1ccccc1)N2. The van der Waals surface area contributed by atoms with Crippen LogP contribution in [0.5, 0.6) is 0 Å². The fraction of sp³-hybridized carbons (Fsp3) is 0.375. The number of amides is 4. The number of aryl methyl sites for hydroxylation is 2. The van der Waals surface area contributed by atoms with Crippen LogP contribution in [0.25, 0.3) is 0 Å². The Kier molecular flexibility index (Phi) is 14.4. The summed E-state index contributed by atoms with van der Waals surface area (Å²) < 4.78 is 0. The van der Waals surface area contributed by atoms with Gasteiger partial charge in [-0.05, 0) is 111 Å². The monoisotopic (exact) mass is 987 g/mol. The predicted molar refractivity (Wildman–Crippen MR) is 292 cm³/mol. The van der Waals surface area contributed by atoms with E-state index in [1.54, 1.807) is 0 Å². The van der Waals surface area contributed by atoms with E-state index in [1.165, 1.54) is 33.4 Å². The molecule has 10 heteroatoms. The molecule has 2 aliphatic carbocycles. The third-order valence-corrected chi connectivity index (χ3v) is 17.2. The molecule has 2 saturated carbocycles. The molecule has 4 heterocycles. The van der Waals surface area contributed by atoms with Crippen LogP contribution in [-0.2, 0) is 9.59 Å². The van der Waals surface area contributed by atoms with Crippen LogP contribution in [0.2, 0.25) is 0 Å². The van der Waals surface area contributed by atoms with Gasteiger partial charge in [0.15, 0.2) is 0 Å². The van der Waals surface area contributed by atoms with Crippen LogP contribution in [0.1, 0.15) is 142 Å². The van der Waals surface area contributed by atoms with Gasteiger partial charge in [-0.3, -0.25) is 19.2 Å². The van der Waals surface area contributed by atoms with Crippen molar-refractivity contribution in [3.8, 4) is 0 Å². The summed E-state index contributed by atoms with van der Waals surface area (Å²) in [5, 5.41) is 14.1. The first-order chi connectivity index (χ1) is 36.2. The molecule has 2 saturated heterocycles. The average Bonchev–Trinajstić information content (AvgIpc) is 4.12. The molecule has 0 spiro atoms. The molecule has 4 amide bonds. The van der Waals surface area contributed by atoms with Crippen molar-refractivity contribution in [1.82, 2.24) is 20.4 Å². The minimum Gasteiger partial charge on any atom is -0.378 e. The van der Waals surface area contributed by atoms with Gasteiger partial charge >= 0.3 is 0 Å². The second-order valence-electron chi connectivity index (χ2n) is 21.8. The van der Waals surface area contributed by atoms with Crippen molar-refractivity contribution in [2.45, 2.75) is 114 Å². The average molecular weight is 987 g/mol. The zero-order valence-corrected chi connectivity index (χ0v) is 42.8. The van der Waals surface area contributed by atoms with Gasteiger partial charge in [0.05, 0.1) is 36.0 Å². The van der Waals surface area contributed by atoms with Crippen molar-refractivity contribution in [2.24, 2.45) is 23.7 Å². The van der Waals surface area contributed by atoms with E-state index in [9.17, 15) is 19.2 Å². The molecule has 4 fully saturated rings. The van der Waals surface area contributed by atoms with Crippen LogP contribution >= 0.6 is 0 Å². The minimum absolute atomic E-state index is 0.0428. The topological polar surface area (TPSA) is 123 Å². The van der Waals surface area contributed by atoms with Gasteiger partial charge in [0.25, 0.3) is 11.8 Å². The molecule has 6 aromatic carbocycles. The third kappa shape index (κ3) is 9.95. The van der Waals surface area contributed by atoms with Gasteiger partial charge in [0.2, 0.25) is 11.8 Å². The molecule has 10 atom stereocenters. The molecule has 4 aliphatic heterocycles. The van der Waals surface area contributed by atoms with Crippen molar-refractivity contribution in [1.29, 1.82) is 0 Å². The molecule has 10 nitrogen and oxygen atoms in total. The molecule has 12 rings (SSSR count). The predicted octanol–water partition coefficient (Wildman–Crippen LogP) is 12.1. The lowest BCUT2D eigenvalue weighted by Gasteiger charge is -2.42. The maximum Gasteiger partial charge on any atom is 0.251 e. The quantitative estimate of drug-likeness (QED) is 0.120. The number of rotatable bonds is 8. The standard InChI is InChI=1S/2C32H35N3O2/c2*1-21-16-17-28-26(20-21)30-25(29(33-28)22-10-4-2-5-11-22)18-19-35(30)32(37)24-14-8-9-15-27(24)34-31(36)23-12-6-3-7-13-23/h2*2-7,10-13,16-17,20,24-25,27,29-30,33H,8-9,14-15,18-19H2,1H3,(H,34,36)/t24-,25+,27+,29-,30+;24-,25-,27+,29+,30-/m00/s1. The lowest BCUT2D eigenvalue weighted by Crippen LogP contribution is -2.50. The second kappa shape index (κ2) is 21.7. The molecular formula is C64H70N6O4. The number of hydrogen-bond donors (Lipinski definition) is 4. The van der Waals surface area contributed by atoms with E-state index in [0.717, 1.165) is 88.7 Å².